The molecule has 0 atom stereocenters. The third-order valence-electron chi connectivity index (χ3n) is 14.0. The molecule has 0 aromatic heterocycles. The third kappa shape index (κ3) is 4.10. The Morgan fingerprint density at radius 1 is 0.333 bits per heavy atom. The molecule has 0 aliphatic heterocycles. The lowest BCUT2D eigenvalue weighted by atomic mass is 9.70. The molecular formula is C55H40ClN. The number of hydrogen-bond acceptors (Lipinski definition) is 1. The lowest BCUT2D eigenvalue weighted by Gasteiger charge is -2.33. The number of hydrogen-bond donors (Lipinski definition) is 0. The first kappa shape index (κ1) is 33.0. The van der Waals surface area contributed by atoms with Crippen LogP contribution in [-0.2, 0) is 16.2 Å². The largest absolute Gasteiger partial charge is 0.309 e. The topological polar surface area (TPSA) is 3.24 Å². The predicted molar refractivity (Wildman–Crippen MR) is 238 cm³/mol. The van der Waals surface area contributed by atoms with E-state index in [-0.39, 0.29) is 10.8 Å². The van der Waals surface area contributed by atoms with Crippen LogP contribution in [0.1, 0.15) is 72.2 Å². The van der Waals surface area contributed by atoms with E-state index >= 15 is 0 Å². The molecule has 57 heavy (non-hydrogen) atoms. The fourth-order valence-electron chi connectivity index (χ4n) is 11.4. The Kier molecular flexibility index (Phi) is 6.52. The van der Waals surface area contributed by atoms with Crippen LogP contribution in [0.25, 0.3) is 44.5 Å². The van der Waals surface area contributed by atoms with Crippen molar-refractivity contribution in [3.05, 3.63) is 219 Å². The Morgan fingerprint density at radius 2 is 0.684 bits per heavy atom. The van der Waals surface area contributed by atoms with Gasteiger partial charge in [-0.3, -0.25) is 0 Å². The van der Waals surface area contributed by atoms with Gasteiger partial charge in [0.05, 0.1) is 16.1 Å². The van der Waals surface area contributed by atoms with E-state index in [1.54, 1.807) is 0 Å². The van der Waals surface area contributed by atoms with Gasteiger partial charge < -0.3 is 4.90 Å². The number of fused-ring (bicyclic) bond motifs is 16. The van der Waals surface area contributed by atoms with E-state index in [2.05, 4.69) is 202 Å². The van der Waals surface area contributed by atoms with Crippen LogP contribution in [0.5, 0.6) is 0 Å². The summed E-state index contributed by atoms with van der Waals surface area (Å²) in [5, 5.41) is 0.736. The van der Waals surface area contributed by atoms with E-state index in [4.69, 9.17) is 11.6 Å². The monoisotopic (exact) mass is 749 g/mol. The molecule has 0 saturated carbocycles. The summed E-state index contributed by atoms with van der Waals surface area (Å²) in [5.41, 5.74) is 23.4. The number of halogens is 1. The van der Waals surface area contributed by atoms with Crippen LogP contribution in [0.15, 0.2) is 170 Å². The minimum Gasteiger partial charge on any atom is -0.309 e. The summed E-state index contributed by atoms with van der Waals surface area (Å²) in [6, 6.07) is 63.6. The zero-order valence-corrected chi connectivity index (χ0v) is 33.2. The van der Waals surface area contributed by atoms with Crippen LogP contribution in [0.2, 0.25) is 5.02 Å². The molecule has 0 unspecified atom stereocenters. The first-order valence-corrected chi connectivity index (χ1v) is 20.5. The molecule has 1 spiro atoms. The van der Waals surface area contributed by atoms with Gasteiger partial charge in [-0.25, -0.2) is 0 Å². The van der Waals surface area contributed by atoms with Crippen molar-refractivity contribution in [2.45, 2.75) is 43.9 Å². The van der Waals surface area contributed by atoms with Crippen molar-refractivity contribution in [1.82, 2.24) is 0 Å². The van der Waals surface area contributed by atoms with Crippen LogP contribution in [0, 0.1) is 0 Å². The van der Waals surface area contributed by atoms with Crippen LogP contribution in [0.4, 0.5) is 17.1 Å². The van der Waals surface area contributed by atoms with Gasteiger partial charge in [-0.2, -0.15) is 0 Å². The van der Waals surface area contributed by atoms with Gasteiger partial charge in [0.15, 0.2) is 0 Å². The summed E-state index contributed by atoms with van der Waals surface area (Å²) in [7, 11) is 0. The highest BCUT2D eigenvalue weighted by molar-refractivity contribution is 6.34. The number of anilines is 3. The summed E-state index contributed by atoms with van der Waals surface area (Å²) in [6.07, 6.45) is 0. The highest BCUT2D eigenvalue weighted by atomic mass is 35.5. The molecule has 4 aliphatic carbocycles. The molecular weight excluding hydrogens is 710 g/mol. The van der Waals surface area contributed by atoms with Gasteiger partial charge in [0, 0.05) is 22.2 Å². The third-order valence-corrected chi connectivity index (χ3v) is 14.3. The van der Waals surface area contributed by atoms with Crippen molar-refractivity contribution in [1.29, 1.82) is 0 Å². The van der Waals surface area contributed by atoms with Gasteiger partial charge >= 0.3 is 0 Å². The Morgan fingerprint density at radius 3 is 1.18 bits per heavy atom. The summed E-state index contributed by atoms with van der Waals surface area (Å²) in [4.78, 5) is 2.44. The van der Waals surface area contributed by atoms with E-state index in [1.165, 1.54) is 89.0 Å². The first-order valence-electron chi connectivity index (χ1n) is 20.1. The second-order valence-electron chi connectivity index (χ2n) is 17.4. The Bertz CT molecular complexity index is 2990. The Balaban J connectivity index is 1.14. The number of nitrogens with zero attached hydrogens (tertiary/aromatic N) is 1. The van der Waals surface area contributed by atoms with Gasteiger partial charge in [-0.1, -0.05) is 173 Å². The van der Waals surface area contributed by atoms with Crippen LogP contribution in [0.3, 0.4) is 0 Å². The van der Waals surface area contributed by atoms with Crippen molar-refractivity contribution in [2.24, 2.45) is 0 Å². The van der Waals surface area contributed by atoms with Gasteiger partial charge in [0.2, 0.25) is 0 Å². The van der Waals surface area contributed by atoms with E-state index in [9.17, 15) is 0 Å². The zero-order valence-electron chi connectivity index (χ0n) is 32.5. The number of benzene rings is 8. The molecule has 12 rings (SSSR count). The molecule has 1 nitrogen and oxygen atoms in total. The highest BCUT2D eigenvalue weighted by Gasteiger charge is 2.52. The maximum Gasteiger partial charge on any atom is 0.0726 e. The summed E-state index contributed by atoms with van der Waals surface area (Å²) in [6.45, 7) is 9.42. The summed E-state index contributed by atoms with van der Waals surface area (Å²) < 4.78 is 0. The van der Waals surface area contributed by atoms with Crippen molar-refractivity contribution < 1.29 is 0 Å². The lowest BCUT2D eigenvalue weighted by Crippen LogP contribution is -2.26. The maximum absolute atomic E-state index is 7.61. The normalized spacial score (nSPS) is 15.9. The van der Waals surface area contributed by atoms with Crippen molar-refractivity contribution in [3.8, 4) is 44.5 Å². The SMILES string of the molecule is CC1(C)c2ccccc2-c2ccc(N(c3ccc4c(c3)C3(c5ccccc5-c5ccccc53)c3ccccc3-4)c3cc4c(cc3Cl)-c3ccccc3C4(C)C)cc21. The van der Waals surface area contributed by atoms with Gasteiger partial charge in [-0.05, 0) is 125 Å². The fraction of sp³-hybridized carbons (Fsp3) is 0.127. The molecule has 0 bridgehead atoms. The second-order valence-corrected chi connectivity index (χ2v) is 17.8. The second kappa shape index (κ2) is 11.2. The fourth-order valence-corrected chi connectivity index (χ4v) is 11.6. The Labute approximate surface area is 339 Å². The van der Waals surface area contributed by atoms with Crippen molar-refractivity contribution >= 4 is 28.7 Å². The van der Waals surface area contributed by atoms with E-state index in [0.717, 1.165) is 22.1 Å². The van der Waals surface area contributed by atoms with Crippen molar-refractivity contribution in [2.75, 3.05) is 4.90 Å². The molecule has 8 aromatic rings. The predicted octanol–water partition coefficient (Wildman–Crippen LogP) is 14.8. The van der Waals surface area contributed by atoms with E-state index < -0.39 is 5.41 Å². The van der Waals surface area contributed by atoms with E-state index in [0.29, 0.717) is 0 Å². The minimum absolute atomic E-state index is 0.153. The van der Waals surface area contributed by atoms with Crippen molar-refractivity contribution in [3.63, 3.8) is 0 Å². The molecule has 0 fully saturated rings. The minimum atomic E-state index is -0.451. The maximum atomic E-state index is 7.61. The van der Waals surface area contributed by atoms with E-state index in [1.807, 2.05) is 0 Å². The molecule has 0 saturated heterocycles. The van der Waals surface area contributed by atoms with Gasteiger partial charge in [0.1, 0.15) is 0 Å². The van der Waals surface area contributed by atoms with Gasteiger partial charge in [-0.15, -0.1) is 0 Å². The molecule has 0 heterocycles. The number of rotatable bonds is 3. The molecule has 2 heteroatoms. The van der Waals surface area contributed by atoms with Crippen LogP contribution < -0.4 is 4.90 Å². The average molecular weight is 750 g/mol. The molecule has 0 amide bonds. The van der Waals surface area contributed by atoms with Crippen LogP contribution >= 0.6 is 11.6 Å². The zero-order chi connectivity index (χ0) is 38.4. The molecule has 0 radical (unpaired) electrons. The molecule has 272 valence electrons. The quantitative estimate of drug-likeness (QED) is 0.174. The molecule has 8 aromatic carbocycles. The van der Waals surface area contributed by atoms with Gasteiger partial charge in [0.25, 0.3) is 0 Å². The Hall–Kier alpha value is -6.15. The molecule has 4 aliphatic rings. The van der Waals surface area contributed by atoms with Crippen LogP contribution in [-0.4, -0.2) is 0 Å². The first-order chi connectivity index (χ1) is 27.7. The summed E-state index contributed by atoms with van der Waals surface area (Å²) in [5.74, 6) is 0. The smallest absolute Gasteiger partial charge is 0.0726 e. The highest BCUT2D eigenvalue weighted by Crippen LogP contribution is 2.64. The summed E-state index contributed by atoms with van der Waals surface area (Å²) >= 11 is 7.61. The lowest BCUT2D eigenvalue weighted by molar-refractivity contribution is 0.660. The standard InChI is InChI=1S/C55H40ClN/c1-53(2)43-20-10-5-15-35(43)40-27-25-33(29-48(40)53)57(52-32-49-42(31-51(52)56)39-19-6-11-21-44(39)54(49,3)4)34-26-28-41-38-18-9-14-24-47(38)55(50(41)30-34)45-22-12-7-16-36(45)37-17-8-13-23-46(37)55/h5-32H,1-4H3. The average Bonchev–Trinajstić information content (AvgIpc) is 3.86. The molecule has 0 N–H and O–H groups in total.